The Morgan fingerprint density at radius 2 is 2.09 bits per heavy atom. The van der Waals surface area contributed by atoms with E-state index >= 15 is 4.39 Å². The smallest absolute Gasteiger partial charge is 0.257 e. The van der Waals surface area contributed by atoms with Crippen molar-refractivity contribution in [2.24, 2.45) is 0 Å². The molecule has 2 N–H and O–H groups in total. The van der Waals surface area contributed by atoms with Crippen LogP contribution in [0.1, 0.15) is 66.1 Å². The number of carbonyl (C=O) groups excluding carboxylic acids is 1. The topological polar surface area (TPSA) is 93.5 Å². The van der Waals surface area contributed by atoms with Gasteiger partial charge < -0.3 is 19.7 Å². The van der Waals surface area contributed by atoms with E-state index in [1.807, 2.05) is 14.0 Å². The molecule has 1 aliphatic carbocycles. The summed E-state index contributed by atoms with van der Waals surface area (Å²) in [6.07, 6.45) is 2.75. The third kappa shape index (κ3) is 3.31. The monoisotopic (exact) mass is 479 g/mol. The van der Waals surface area contributed by atoms with Gasteiger partial charge in [-0.05, 0) is 55.5 Å². The molecule has 1 unspecified atom stereocenters. The van der Waals surface area contributed by atoms with E-state index in [1.165, 1.54) is 13.2 Å². The van der Waals surface area contributed by atoms with Crippen LogP contribution < -0.4 is 10.9 Å². The van der Waals surface area contributed by atoms with E-state index in [0.717, 1.165) is 40.5 Å². The van der Waals surface area contributed by atoms with Crippen molar-refractivity contribution in [1.29, 1.82) is 0 Å². The molecule has 8 heteroatoms. The fourth-order valence-electron chi connectivity index (χ4n) is 5.93. The van der Waals surface area contributed by atoms with Crippen LogP contribution in [0.2, 0.25) is 0 Å². The van der Waals surface area contributed by atoms with Crippen molar-refractivity contribution in [2.45, 2.75) is 64.3 Å². The summed E-state index contributed by atoms with van der Waals surface area (Å²) in [5.41, 5.74) is 3.74. The molecule has 0 amide bonds. The van der Waals surface area contributed by atoms with Crippen molar-refractivity contribution in [1.82, 2.24) is 14.9 Å². The Balaban J connectivity index is 1.87. The molecule has 0 radical (unpaired) electrons. The molecule has 0 saturated heterocycles. The average Bonchev–Trinajstić information content (AvgIpc) is 3.24. The van der Waals surface area contributed by atoms with Crippen molar-refractivity contribution in [2.75, 3.05) is 14.2 Å². The van der Waals surface area contributed by atoms with Gasteiger partial charge in [0, 0.05) is 41.3 Å². The minimum atomic E-state index is -1.82. The van der Waals surface area contributed by atoms with Crippen molar-refractivity contribution in [3.8, 4) is 11.4 Å². The lowest BCUT2D eigenvalue weighted by atomic mass is 9.81. The normalized spacial score (nSPS) is 17.8. The van der Waals surface area contributed by atoms with Gasteiger partial charge in [-0.2, -0.15) is 0 Å². The number of nitrogens with one attached hydrogen (secondary N) is 1. The quantitative estimate of drug-likeness (QED) is 0.395. The lowest BCUT2D eigenvalue weighted by Gasteiger charge is -2.29. The van der Waals surface area contributed by atoms with Crippen LogP contribution in [0.4, 0.5) is 4.39 Å². The third-order valence-electron chi connectivity index (χ3n) is 7.77. The van der Waals surface area contributed by atoms with Gasteiger partial charge >= 0.3 is 0 Å². The Kier molecular flexibility index (Phi) is 5.86. The number of halogens is 1. The standard InChI is InChI=1S/C27H30FN3O4/c1-5-14-15-7-8-20(29-3)24-16-11-31-22(25(16)30-21(23(15)24)10-19(14)28)9-18(27(34,6-2)13-32)17(12-35-4)26(31)33/h9-10,13,20,29,34H,5-8,11-12H2,1-4H3/t20?,27-/m1/s1. The summed E-state index contributed by atoms with van der Waals surface area (Å²) in [4.78, 5) is 30.4. The first-order valence-corrected chi connectivity index (χ1v) is 12.1. The highest BCUT2D eigenvalue weighted by Gasteiger charge is 2.37. The first-order chi connectivity index (χ1) is 16.8. The maximum atomic E-state index is 15.1. The summed E-state index contributed by atoms with van der Waals surface area (Å²) in [6, 6.07) is 3.22. The molecule has 3 aromatic rings. The number of pyridine rings is 2. The number of rotatable bonds is 7. The van der Waals surface area contributed by atoms with Gasteiger partial charge in [0.05, 0.1) is 30.1 Å². The van der Waals surface area contributed by atoms with Gasteiger partial charge in [-0.25, -0.2) is 9.37 Å². The van der Waals surface area contributed by atoms with E-state index in [9.17, 15) is 14.7 Å². The summed E-state index contributed by atoms with van der Waals surface area (Å²) in [6.45, 7) is 3.94. The van der Waals surface area contributed by atoms with Crippen LogP contribution in [0, 0.1) is 5.82 Å². The van der Waals surface area contributed by atoms with Gasteiger partial charge in [-0.3, -0.25) is 9.59 Å². The van der Waals surface area contributed by atoms with Crippen molar-refractivity contribution < 1.29 is 19.0 Å². The van der Waals surface area contributed by atoms with E-state index in [2.05, 4.69) is 5.32 Å². The Labute approximate surface area is 202 Å². The Bertz CT molecular complexity index is 1430. The first-order valence-electron chi connectivity index (χ1n) is 12.1. The lowest BCUT2D eigenvalue weighted by Crippen LogP contribution is -2.34. The van der Waals surface area contributed by atoms with Crippen LogP contribution in [0.3, 0.4) is 0 Å². The Hall–Kier alpha value is -2.94. The number of hydrogen-bond acceptors (Lipinski definition) is 6. The maximum absolute atomic E-state index is 15.1. The molecule has 184 valence electrons. The summed E-state index contributed by atoms with van der Waals surface area (Å²) in [5, 5.41) is 15.4. The maximum Gasteiger partial charge on any atom is 0.257 e. The number of fused-ring (bicyclic) bond motifs is 4. The minimum Gasteiger partial charge on any atom is -0.380 e. The van der Waals surface area contributed by atoms with Crippen LogP contribution in [0.5, 0.6) is 0 Å². The molecule has 1 aromatic carbocycles. The SMILES string of the molecule is CCc1c(F)cc2nc3c(c4c2c1CCC4NC)Cn1c-3cc([C@](O)(C=O)CC)c(COC)c1=O. The molecule has 35 heavy (non-hydrogen) atoms. The predicted molar refractivity (Wildman–Crippen MR) is 131 cm³/mol. The molecule has 1 aliphatic heterocycles. The lowest BCUT2D eigenvalue weighted by molar-refractivity contribution is -0.125. The summed E-state index contributed by atoms with van der Waals surface area (Å²) in [7, 11) is 3.38. The van der Waals surface area contributed by atoms with Gasteiger partial charge in [0.2, 0.25) is 0 Å². The van der Waals surface area contributed by atoms with E-state index in [0.29, 0.717) is 36.2 Å². The van der Waals surface area contributed by atoms with E-state index < -0.39 is 5.60 Å². The molecular formula is C27H30FN3O4. The molecule has 2 aromatic heterocycles. The third-order valence-corrected chi connectivity index (χ3v) is 7.77. The largest absolute Gasteiger partial charge is 0.380 e. The molecule has 5 rings (SSSR count). The molecule has 7 nitrogen and oxygen atoms in total. The van der Waals surface area contributed by atoms with Gasteiger partial charge in [-0.1, -0.05) is 13.8 Å². The summed E-state index contributed by atoms with van der Waals surface area (Å²) in [5.74, 6) is -0.260. The van der Waals surface area contributed by atoms with E-state index in [4.69, 9.17) is 9.72 Å². The fraction of sp³-hybridized carbons (Fsp3) is 0.444. The number of carbonyl (C=O) groups is 1. The van der Waals surface area contributed by atoms with Crippen molar-refractivity contribution in [3.05, 3.63) is 61.7 Å². The highest BCUT2D eigenvalue weighted by Crippen LogP contribution is 2.45. The predicted octanol–water partition coefficient (Wildman–Crippen LogP) is 3.28. The average molecular weight is 480 g/mol. The van der Waals surface area contributed by atoms with Gasteiger partial charge in [0.15, 0.2) is 6.29 Å². The van der Waals surface area contributed by atoms with Crippen LogP contribution in [-0.4, -0.2) is 35.1 Å². The first kappa shape index (κ1) is 23.8. The number of aromatic nitrogens is 2. The van der Waals surface area contributed by atoms with Crippen LogP contribution in [0.15, 0.2) is 16.9 Å². The molecule has 3 heterocycles. The van der Waals surface area contributed by atoms with Crippen LogP contribution in [-0.2, 0) is 41.1 Å². The Morgan fingerprint density at radius 1 is 1.31 bits per heavy atom. The molecule has 2 aliphatic rings. The molecule has 0 spiro atoms. The van der Waals surface area contributed by atoms with Gasteiger partial charge in [0.1, 0.15) is 11.4 Å². The second-order valence-corrected chi connectivity index (χ2v) is 9.44. The van der Waals surface area contributed by atoms with E-state index in [1.54, 1.807) is 17.6 Å². The summed E-state index contributed by atoms with van der Waals surface area (Å²) >= 11 is 0. The molecule has 0 bridgehead atoms. The number of aliphatic hydroxyl groups is 1. The van der Waals surface area contributed by atoms with Crippen LogP contribution >= 0.6 is 0 Å². The van der Waals surface area contributed by atoms with Gasteiger partial charge in [-0.15, -0.1) is 0 Å². The van der Waals surface area contributed by atoms with Gasteiger partial charge in [0.25, 0.3) is 5.56 Å². The van der Waals surface area contributed by atoms with Crippen molar-refractivity contribution in [3.63, 3.8) is 0 Å². The minimum absolute atomic E-state index is 0.0302. The zero-order valence-corrected chi connectivity index (χ0v) is 20.5. The molecule has 0 fully saturated rings. The number of nitrogens with zero attached hydrogens (tertiary/aromatic N) is 2. The van der Waals surface area contributed by atoms with Crippen LogP contribution in [0.25, 0.3) is 22.3 Å². The number of aryl methyl sites for hydroxylation is 1. The number of hydrogen-bond donors (Lipinski definition) is 2. The zero-order chi connectivity index (χ0) is 25.1. The summed E-state index contributed by atoms with van der Waals surface area (Å²) < 4.78 is 22.0. The zero-order valence-electron chi connectivity index (χ0n) is 20.5. The van der Waals surface area contributed by atoms with Crippen molar-refractivity contribution >= 4 is 17.2 Å². The Morgan fingerprint density at radius 3 is 2.71 bits per heavy atom. The molecule has 2 atom stereocenters. The highest BCUT2D eigenvalue weighted by molar-refractivity contribution is 5.93. The highest BCUT2D eigenvalue weighted by atomic mass is 19.1. The molecule has 0 saturated carbocycles. The number of benzene rings is 1. The number of aldehydes is 1. The van der Waals surface area contributed by atoms with E-state index in [-0.39, 0.29) is 41.6 Å². The number of ether oxygens (including phenoxy) is 1. The molecular weight excluding hydrogens is 449 g/mol. The number of methoxy groups -OCH3 is 1. The second kappa shape index (κ2) is 8.62. The fourth-order valence-corrected chi connectivity index (χ4v) is 5.93. The second-order valence-electron chi connectivity index (χ2n) is 9.44.